The molecule has 2 aliphatic carbocycles. The number of carbonyl (C=O) groups is 1. The molecule has 134 valence electrons. The minimum atomic E-state index is -0.893. The van der Waals surface area contributed by atoms with E-state index in [4.69, 9.17) is 16.3 Å². The third-order valence-corrected chi connectivity index (χ3v) is 7.39. The van der Waals surface area contributed by atoms with Gasteiger partial charge in [-0.05, 0) is 31.2 Å². The third-order valence-electron chi connectivity index (χ3n) is 6.77. The van der Waals surface area contributed by atoms with Crippen LogP contribution < -0.4 is 5.32 Å². The quantitative estimate of drug-likeness (QED) is 0.784. The molecule has 4 aliphatic rings. The van der Waals surface area contributed by atoms with E-state index in [1.54, 1.807) is 0 Å². The maximum absolute atomic E-state index is 12.9. The minimum Gasteiger partial charge on any atom is -0.356 e. The van der Waals surface area contributed by atoms with E-state index in [1.165, 1.54) is 5.56 Å². The highest BCUT2D eigenvalue weighted by atomic mass is 35.5. The van der Waals surface area contributed by atoms with E-state index in [-0.39, 0.29) is 27.7 Å². The van der Waals surface area contributed by atoms with Gasteiger partial charge < -0.3 is 14.7 Å². The summed E-state index contributed by atoms with van der Waals surface area (Å²) in [5.74, 6) is 0.229. The molecular weight excluding hydrogens is 340 g/mol. The van der Waals surface area contributed by atoms with Crippen LogP contribution in [0.1, 0.15) is 31.2 Å². The average molecular weight is 363 g/mol. The topological polar surface area (TPSA) is 61.8 Å². The van der Waals surface area contributed by atoms with Crippen LogP contribution in [-0.4, -0.2) is 52.4 Å². The van der Waals surface area contributed by atoms with Crippen molar-refractivity contribution in [2.45, 2.75) is 47.9 Å². The maximum atomic E-state index is 12.9. The van der Waals surface area contributed by atoms with Crippen LogP contribution in [0.2, 0.25) is 0 Å². The van der Waals surface area contributed by atoms with Gasteiger partial charge in [0.05, 0.1) is 11.5 Å². The molecule has 2 aliphatic heterocycles. The van der Waals surface area contributed by atoms with Crippen molar-refractivity contribution in [1.82, 2.24) is 10.2 Å². The lowest BCUT2D eigenvalue weighted by Crippen LogP contribution is -2.60. The molecule has 1 amide bonds. The Morgan fingerprint density at radius 3 is 2.72 bits per heavy atom. The zero-order valence-electron chi connectivity index (χ0n) is 14.1. The Morgan fingerprint density at radius 1 is 1.32 bits per heavy atom. The van der Waals surface area contributed by atoms with E-state index < -0.39 is 6.41 Å². The number of benzene rings is 1. The molecule has 1 aromatic carbocycles. The van der Waals surface area contributed by atoms with Gasteiger partial charge in [0.15, 0.2) is 0 Å². The smallest absolute Gasteiger partial charge is 0.225 e. The molecule has 3 atom stereocenters. The summed E-state index contributed by atoms with van der Waals surface area (Å²) < 4.78 is 5.18. The SMILES string of the molecule is O=C(C1CC2(COC(O)N2)C1)N1CCC2(c3ccccc3)CC2(Cl)C1. The number of hydrogen-bond acceptors (Lipinski definition) is 4. The number of fused-ring (bicyclic) bond motifs is 1. The molecule has 5 rings (SSSR count). The predicted octanol–water partition coefficient (Wildman–Crippen LogP) is 1.58. The van der Waals surface area contributed by atoms with Crippen molar-refractivity contribution >= 4 is 17.5 Å². The van der Waals surface area contributed by atoms with Crippen LogP contribution in [-0.2, 0) is 14.9 Å². The minimum absolute atomic E-state index is 0.0182. The lowest BCUT2D eigenvalue weighted by molar-refractivity contribution is -0.142. The summed E-state index contributed by atoms with van der Waals surface area (Å²) in [4.78, 5) is 14.5. The number of aliphatic hydroxyl groups excluding tert-OH is 1. The molecule has 0 bridgehead atoms. The molecule has 25 heavy (non-hydrogen) atoms. The summed E-state index contributed by atoms with van der Waals surface area (Å²) in [5.41, 5.74) is 1.14. The third kappa shape index (κ3) is 2.29. The molecule has 1 aromatic rings. The van der Waals surface area contributed by atoms with Crippen molar-refractivity contribution < 1.29 is 14.6 Å². The molecule has 4 fully saturated rings. The number of nitrogens with zero attached hydrogens (tertiary/aromatic N) is 1. The number of carbonyl (C=O) groups excluding carboxylic acids is 1. The van der Waals surface area contributed by atoms with Crippen LogP contribution in [0.3, 0.4) is 0 Å². The zero-order chi connectivity index (χ0) is 17.3. The van der Waals surface area contributed by atoms with Crippen molar-refractivity contribution in [2.75, 3.05) is 19.7 Å². The predicted molar refractivity (Wildman–Crippen MR) is 93.1 cm³/mol. The van der Waals surface area contributed by atoms with Crippen LogP contribution in [0.4, 0.5) is 0 Å². The first-order valence-corrected chi connectivity index (χ1v) is 9.44. The van der Waals surface area contributed by atoms with Crippen molar-refractivity contribution in [3.05, 3.63) is 35.9 Å². The summed E-state index contributed by atoms with van der Waals surface area (Å²) in [6.07, 6.45) is 2.46. The molecule has 3 unspecified atom stereocenters. The summed E-state index contributed by atoms with van der Waals surface area (Å²) in [6, 6.07) is 10.5. The first-order chi connectivity index (χ1) is 12.0. The molecule has 0 radical (unpaired) electrons. The van der Waals surface area contributed by atoms with Crippen LogP contribution in [0, 0.1) is 5.92 Å². The number of nitrogens with one attached hydrogen (secondary N) is 1. The molecule has 2 N–H and O–H groups in total. The molecule has 0 aromatic heterocycles. The average Bonchev–Trinajstić information content (AvgIpc) is 3.04. The number of ether oxygens (including phenoxy) is 1. The Kier molecular flexibility index (Phi) is 3.34. The monoisotopic (exact) mass is 362 g/mol. The van der Waals surface area contributed by atoms with Crippen LogP contribution in [0.5, 0.6) is 0 Å². The van der Waals surface area contributed by atoms with Crippen molar-refractivity contribution in [3.63, 3.8) is 0 Å². The second kappa shape index (κ2) is 5.19. The van der Waals surface area contributed by atoms with E-state index >= 15 is 0 Å². The van der Waals surface area contributed by atoms with E-state index in [2.05, 4.69) is 29.6 Å². The summed E-state index contributed by atoms with van der Waals surface area (Å²) in [6.45, 7) is 1.89. The van der Waals surface area contributed by atoms with Crippen molar-refractivity contribution in [1.29, 1.82) is 0 Å². The number of alkyl halides is 1. The largest absolute Gasteiger partial charge is 0.356 e. The second-order valence-electron chi connectivity index (χ2n) is 8.29. The number of likely N-dealkylation sites (tertiary alicyclic amines) is 1. The number of rotatable bonds is 2. The van der Waals surface area contributed by atoms with E-state index in [0.717, 1.165) is 32.2 Å². The van der Waals surface area contributed by atoms with Gasteiger partial charge in [-0.1, -0.05) is 30.3 Å². The number of aliphatic hydroxyl groups is 1. The van der Waals surface area contributed by atoms with Gasteiger partial charge in [-0.25, -0.2) is 0 Å². The highest BCUT2D eigenvalue weighted by Gasteiger charge is 2.70. The number of halogens is 1. The van der Waals surface area contributed by atoms with Gasteiger partial charge in [-0.2, -0.15) is 0 Å². The van der Waals surface area contributed by atoms with Crippen LogP contribution in [0.25, 0.3) is 0 Å². The summed E-state index contributed by atoms with van der Waals surface area (Å²) >= 11 is 6.92. The first-order valence-electron chi connectivity index (χ1n) is 9.06. The van der Waals surface area contributed by atoms with Crippen LogP contribution >= 0.6 is 11.6 Å². The lowest BCUT2D eigenvalue weighted by atomic mass is 9.68. The van der Waals surface area contributed by atoms with Crippen LogP contribution in [0.15, 0.2) is 30.3 Å². The second-order valence-corrected chi connectivity index (χ2v) is 9.02. The van der Waals surface area contributed by atoms with Crippen molar-refractivity contribution in [2.24, 2.45) is 5.92 Å². The molecule has 2 saturated heterocycles. The Labute approximate surface area is 152 Å². The highest BCUT2D eigenvalue weighted by Crippen LogP contribution is 2.66. The maximum Gasteiger partial charge on any atom is 0.225 e. The summed E-state index contributed by atoms with van der Waals surface area (Å²) in [5, 5.41) is 12.5. The normalized spacial score (nSPS) is 45.1. The molecule has 2 heterocycles. The van der Waals surface area contributed by atoms with Gasteiger partial charge in [-0.15, -0.1) is 11.6 Å². The Balaban J connectivity index is 1.24. The summed E-state index contributed by atoms with van der Waals surface area (Å²) in [7, 11) is 0. The Morgan fingerprint density at radius 2 is 2.08 bits per heavy atom. The van der Waals surface area contributed by atoms with Gasteiger partial charge >= 0.3 is 0 Å². The van der Waals surface area contributed by atoms with E-state index in [0.29, 0.717) is 13.2 Å². The first kappa shape index (κ1) is 16.1. The number of amides is 1. The molecule has 6 heteroatoms. The van der Waals surface area contributed by atoms with E-state index in [9.17, 15) is 9.90 Å². The Bertz CT molecular complexity index is 708. The highest BCUT2D eigenvalue weighted by molar-refractivity contribution is 6.28. The fourth-order valence-corrected chi connectivity index (χ4v) is 5.82. The number of hydrogen-bond donors (Lipinski definition) is 2. The fraction of sp³-hybridized carbons (Fsp3) is 0.632. The van der Waals surface area contributed by atoms with Gasteiger partial charge in [0.2, 0.25) is 12.3 Å². The van der Waals surface area contributed by atoms with Gasteiger partial charge in [0, 0.05) is 30.0 Å². The Hall–Kier alpha value is -1.14. The van der Waals surface area contributed by atoms with Gasteiger partial charge in [0.25, 0.3) is 0 Å². The zero-order valence-corrected chi connectivity index (χ0v) is 14.8. The van der Waals surface area contributed by atoms with Gasteiger partial charge in [0.1, 0.15) is 0 Å². The number of piperidine rings is 1. The molecule has 2 saturated carbocycles. The molecule has 1 spiro atoms. The lowest BCUT2D eigenvalue weighted by Gasteiger charge is -2.46. The van der Waals surface area contributed by atoms with Gasteiger partial charge in [-0.3, -0.25) is 10.1 Å². The molecular formula is C19H23ClN2O3. The van der Waals surface area contributed by atoms with E-state index in [1.807, 2.05) is 11.0 Å². The van der Waals surface area contributed by atoms with Crippen molar-refractivity contribution in [3.8, 4) is 0 Å². The standard InChI is InChI=1S/C19H23ClN2O3/c20-19-10-18(19,14-4-2-1-3-5-14)6-7-22(11-19)15(23)13-8-17(9-13)12-25-16(24)21-17/h1-5,13,16,21,24H,6-12H2. The molecule has 5 nitrogen and oxygen atoms in total. The fourth-order valence-electron chi connectivity index (χ4n) is 5.25.